The number of carbonyl (C=O) groups is 1. The Labute approximate surface area is 230 Å². The van der Waals surface area contributed by atoms with Crippen LogP contribution in [0, 0.1) is 5.92 Å². The number of amides is 1. The summed E-state index contributed by atoms with van der Waals surface area (Å²) in [6.45, 7) is 10.1. The van der Waals surface area contributed by atoms with Crippen molar-refractivity contribution >= 4 is 23.0 Å². The van der Waals surface area contributed by atoms with Gasteiger partial charge in [0.2, 0.25) is 5.91 Å². The van der Waals surface area contributed by atoms with E-state index in [0.29, 0.717) is 44.0 Å². The van der Waals surface area contributed by atoms with E-state index in [0.717, 1.165) is 44.8 Å². The Balaban J connectivity index is 1.14. The number of likely N-dealkylation sites (tertiary alicyclic amines) is 1. The maximum atomic E-state index is 13.1. The van der Waals surface area contributed by atoms with Gasteiger partial charge in [-0.3, -0.25) is 4.79 Å². The zero-order valence-electron chi connectivity index (χ0n) is 23.5. The number of piperidine rings is 2. The first-order valence-electron chi connectivity index (χ1n) is 14.3. The van der Waals surface area contributed by atoms with Crippen molar-refractivity contribution in [1.29, 1.82) is 0 Å². The summed E-state index contributed by atoms with van der Waals surface area (Å²) in [6, 6.07) is 12.9. The summed E-state index contributed by atoms with van der Waals surface area (Å²) >= 11 is 0. The molecule has 0 unspecified atom stereocenters. The molecule has 0 atom stereocenters. The monoisotopic (exact) mass is 544 g/mol. The lowest BCUT2D eigenvalue weighted by Gasteiger charge is -2.34. The van der Waals surface area contributed by atoms with Crippen molar-refractivity contribution in [2.24, 2.45) is 5.92 Å². The van der Waals surface area contributed by atoms with E-state index in [2.05, 4.69) is 55.3 Å². The van der Waals surface area contributed by atoms with Crippen molar-refractivity contribution in [3.05, 3.63) is 53.6 Å². The molecule has 0 aromatic heterocycles. The van der Waals surface area contributed by atoms with Crippen molar-refractivity contribution in [2.45, 2.75) is 83.4 Å². The van der Waals surface area contributed by atoms with Gasteiger partial charge in [-0.1, -0.05) is 32.9 Å². The number of alkyl halides is 3. The highest BCUT2D eigenvalue weighted by Crippen LogP contribution is 2.35. The molecule has 0 radical (unpaired) electrons. The number of benzene rings is 2. The van der Waals surface area contributed by atoms with E-state index in [1.54, 1.807) is 6.07 Å². The molecule has 0 spiro atoms. The van der Waals surface area contributed by atoms with Gasteiger partial charge in [0, 0.05) is 55.7 Å². The lowest BCUT2D eigenvalue weighted by atomic mass is 9.87. The van der Waals surface area contributed by atoms with E-state index in [9.17, 15) is 18.0 Å². The van der Waals surface area contributed by atoms with Gasteiger partial charge in [-0.05, 0) is 85.8 Å². The third kappa shape index (κ3) is 7.83. The Hall–Kier alpha value is -2.90. The molecule has 39 heavy (non-hydrogen) atoms. The summed E-state index contributed by atoms with van der Waals surface area (Å²) in [4.78, 5) is 17.2. The fourth-order valence-corrected chi connectivity index (χ4v) is 5.75. The SMILES string of the molecule is CC(C)(C)c1ccc(N2CCC(CCCC(=O)N3CCC(Nc4ccc(N)c(C(F)(F)F)c4)CC3)CC2)cc1. The van der Waals surface area contributed by atoms with Crippen LogP contribution in [-0.2, 0) is 16.4 Å². The lowest BCUT2D eigenvalue weighted by Crippen LogP contribution is -2.42. The minimum atomic E-state index is -4.48. The Bertz CT molecular complexity index is 1090. The zero-order chi connectivity index (χ0) is 28.2. The van der Waals surface area contributed by atoms with Crippen LogP contribution in [0.1, 0.15) is 76.8 Å². The number of halogens is 3. The maximum Gasteiger partial charge on any atom is 0.418 e. The predicted molar refractivity (Wildman–Crippen MR) is 153 cm³/mol. The van der Waals surface area contributed by atoms with E-state index >= 15 is 0 Å². The van der Waals surface area contributed by atoms with E-state index in [-0.39, 0.29) is 23.1 Å². The largest absolute Gasteiger partial charge is 0.418 e. The molecule has 2 aliphatic rings. The topological polar surface area (TPSA) is 61.6 Å². The molecule has 5 nitrogen and oxygen atoms in total. The highest BCUT2D eigenvalue weighted by molar-refractivity contribution is 5.76. The number of nitrogens with two attached hydrogens (primary N) is 1. The van der Waals surface area contributed by atoms with Gasteiger partial charge in [0.15, 0.2) is 0 Å². The molecule has 0 aliphatic carbocycles. The fraction of sp³-hybridized carbons (Fsp3) is 0.581. The number of anilines is 3. The van der Waals surface area contributed by atoms with E-state index in [4.69, 9.17) is 5.73 Å². The van der Waals surface area contributed by atoms with Crippen LogP contribution in [0.15, 0.2) is 42.5 Å². The third-order valence-corrected chi connectivity index (χ3v) is 8.29. The molecule has 8 heteroatoms. The standard InChI is InChI=1S/C31H43F3N4O/c1-30(2,3)23-7-10-26(11-8-23)37-17-13-22(14-18-37)5-4-6-29(39)38-19-15-24(16-20-38)36-25-9-12-28(35)27(21-25)31(32,33)34/h7-12,21-22,24,36H,4-6,13-20,35H2,1-3H3. The Morgan fingerprint density at radius 3 is 2.18 bits per heavy atom. The van der Waals surface area contributed by atoms with Crippen LogP contribution in [0.3, 0.4) is 0 Å². The number of nitrogen functional groups attached to an aromatic ring is 1. The maximum absolute atomic E-state index is 13.1. The molecule has 2 aromatic carbocycles. The van der Waals surface area contributed by atoms with Crippen LogP contribution < -0.4 is 16.0 Å². The molecule has 2 heterocycles. The van der Waals surface area contributed by atoms with Crippen LogP contribution in [0.2, 0.25) is 0 Å². The zero-order valence-corrected chi connectivity index (χ0v) is 23.5. The normalized spacial score (nSPS) is 17.9. The third-order valence-electron chi connectivity index (χ3n) is 8.29. The van der Waals surface area contributed by atoms with Gasteiger partial charge in [-0.15, -0.1) is 0 Å². The van der Waals surface area contributed by atoms with Gasteiger partial charge in [0.05, 0.1) is 5.56 Å². The van der Waals surface area contributed by atoms with Gasteiger partial charge in [0.25, 0.3) is 0 Å². The predicted octanol–water partition coefficient (Wildman–Crippen LogP) is 7.07. The number of nitrogens with one attached hydrogen (secondary N) is 1. The number of hydrogen-bond donors (Lipinski definition) is 2. The van der Waals surface area contributed by atoms with Crippen molar-refractivity contribution in [1.82, 2.24) is 4.90 Å². The first-order valence-corrected chi connectivity index (χ1v) is 14.3. The minimum absolute atomic E-state index is 0.0357. The van der Waals surface area contributed by atoms with Crippen molar-refractivity contribution in [3.8, 4) is 0 Å². The molecule has 2 aliphatic heterocycles. The molecular formula is C31H43F3N4O. The van der Waals surface area contributed by atoms with Crippen LogP contribution in [0.5, 0.6) is 0 Å². The minimum Gasteiger partial charge on any atom is -0.398 e. The molecule has 0 saturated carbocycles. The van der Waals surface area contributed by atoms with Gasteiger partial charge in [0.1, 0.15) is 0 Å². The summed E-state index contributed by atoms with van der Waals surface area (Å²) in [7, 11) is 0. The van der Waals surface area contributed by atoms with Crippen LogP contribution in [0.4, 0.5) is 30.2 Å². The Morgan fingerprint density at radius 2 is 1.59 bits per heavy atom. The average molecular weight is 545 g/mol. The van der Waals surface area contributed by atoms with Crippen LogP contribution >= 0.6 is 0 Å². The fourth-order valence-electron chi connectivity index (χ4n) is 5.75. The summed E-state index contributed by atoms with van der Waals surface area (Å²) in [5, 5.41) is 3.19. The Morgan fingerprint density at radius 1 is 0.949 bits per heavy atom. The molecule has 2 aromatic rings. The van der Waals surface area contributed by atoms with Crippen LogP contribution in [0.25, 0.3) is 0 Å². The second-order valence-electron chi connectivity index (χ2n) is 12.2. The van der Waals surface area contributed by atoms with E-state index in [1.807, 2.05) is 4.90 Å². The van der Waals surface area contributed by atoms with Crippen molar-refractivity contribution < 1.29 is 18.0 Å². The number of carbonyl (C=O) groups excluding carboxylic acids is 1. The number of hydrogen-bond acceptors (Lipinski definition) is 4. The quantitative estimate of drug-likeness (QED) is 0.366. The Kier molecular flexibility index (Phi) is 9.02. The van der Waals surface area contributed by atoms with Crippen molar-refractivity contribution in [2.75, 3.05) is 42.1 Å². The first kappa shape index (κ1) is 29.1. The number of rotatable bonds is 7. The molecule has 1 amide bonds. The summed E-state index contributed by atoms with van der Waals surface area (Å²) in [6.07, 6.45) is 1.83. The summed E-state index contributed by atoms with van der Waals surface area (Å²) in [5.41, 5.74) is 7.64. The van der Waals surface area contributed by atoms with Crippen LogP contribution in [-0.4, -0.2) is 43.0 Å². The van der Waals surface area contributed by atoms with Gasteiger partial charge < -0.3 is 20.9 Å². The van der Waals surface area contributed by atoms with Gasteiger partial charge in [-0.25, -0.2) is 0 Å². The molecule has 0 bridgehead atoms. The van der Waals surface area contributed by atoms with Gasteiger partial charge in [-0.2, -0.15) is 13.2 Å². The molecule has 2 fully saturated rings. The van der Waals surface area contributed by atoms with E-state index < -0.39 is 11.7 Å². The summed E-state index contributed by atoms with van der Waals surface area (Å²) < 4.78 is 39.4. The average Bonchev–Trinajstić information content (AvgIpc) is 2.89. The lowest BCUT2D eigenvalue weighted by molar-refractivity contribution is -0.137. The molecular weight excluding hydrogens is 501 g/mol. The molecule has 4 rings (SSSR count). The van der Waals surface area contributed by atoms with Gasteiger partial charge >= 0.3 is 6.18 Å². The number of nitrogens with zero attached hydrogens (tertiary/aromatic N) is 2. The smallest absolute Gasteiger partial charge is 0.398 e. The highest BCUT2D eigenvalue weighted by atomic mass is 19.4. The van der Waals surface area contributed by atoms with Crippen molar-refractivity contribution in [3.63, 3.8) is 0 Å². The molecule has 3 N–H and O–H groups in total. The van der Waals surface area contributed by atoms with E-state index in [1.165, 1.54) is 17.3 Å². The molecule has 214 valence electrons. The first-order chi connectivity index (χ1) is 18.4. The second kappa shape index (κ2) is 12.1. The second-order valence-corrected chi connectivity index (χ2v) is 12.2. The molecule has 2 saturated heterocycles. The highest BCUT2D eigenvalue weighted by Gasteiger charge is 2.33. The summed E-state index contributed by atoms with van der Waals surface area (Å²) in [5.74, 6) is 0.857.